The molecule has 2 rings (SSSR count). The monoisotopic (exact) mass is 550 g/mol. The van der Waals surface area contributed by atoms with Crippen LogP contribution in [-0.4, -0.2) is 106 Å². The van der Waals surface area contributed by atoms with Crippen LogP contribution < -0.4 is 9.47 Å². The number of hydrogen-bond donors (Lipinski definition) is 1. The molecule has 0 amide bonds. The van der Waals surface area contributed by atoms with E-state index in [1.54, 1.807) is 0 Å². The van der Waals surface area contributed by atoms with Crippen LogP contribution >= 0.6 is 11.6 Å². The lowest BCUT2D eigenvalue weighted by molar-refractivity contribution is -0.149. The number of aliphatic hydroxyl groups excluding tert-OH is 1. The van der Waals surface area contributed by atoms with Gasteiger partial charge < -0.3 is 33.9 Å². The molecule has 38 heavy (non-hydrogen) atoms. The molecule has 0 aromatic heterocycles. The first-order valence-corrected chi connectivity index (χ1v) is 13.0. The molecule has 0 saturated heterocycles. The van der Waals surface area contributed by atoms with Crippen molar-refractivity contribution in [2.24, 2.45) is 0 Å². The topological polar surface area (TPSA) is 97.8 Å². The molecule has 1 N–H and O–H groups in total. The van der Waals surface area contributed by atoms with Gasteiger partial charge in [-0.3, -0.25) is 9.59 Å². The van der Waals surface area contributed by atoms with Crippen molar-refractivity contribution in [2.75, 3.05) is 67.0 Å². The van der Waals surface area contributed by atoms with Crippen LogP contribution in [0.5, 0.6) is 11.5 Å². The van der Waals surface area contributed by atoms with Crippen molar-refractivity contribution >= 4 is 23.5 Å². The van der Waals surface area contributed by atoms with Crippen LogP contribution in [0.25, 0.3) is 11.1 Å². The minimum Gasteiger partial charge on any atom is -0.491 e. The molecule has 9 nitrogen and oxygen atoms in total. The molecule has 0 radical (unpaired) electrons. The number of alkyl halides is 1. The van der Waals surface area contributed by atoms with Crippen LogP contribution in [0.3, 0.4) is 0 Å². The average Bonchev–Trinajstić information content (AvgIpc) is 2.91. The number of ether oxygens (including phenoxy) is 4. The van der Waals surface area contributed by atoms with Crippen LogP contribution in [0, 0.1) is 0 Å². The molecule has 0 aliphatic carbocycles. The third-order valence-corrected chi connectivity index (χ3v) is 5.70. The highest BCUT2D eigenvalue weighted by Crippen LogP contribution is 2.25. The summed E-state index contributed by atoms with van der Waals surface area (Å²) < 4.78 is 21.8. The van der Waals surface area contributed by atoms with Gasteiger partial charge in [0.25, 0.3) is 0 Å². The zero-order valence-corrected chi connectivity index (χ0v) is 23.4. The van der Waals surface area contributed by atoms with Crippen LogP contribution in [0.15, 0.2) is 48.5 Å². The SMILES string of the molecule is CN(C)CCC(=O)OCC(O)COc1ccc(-c2ccc(OCC(CCl)OC(=O)CCN(C)C)cc2)cc1. The summed E-state index contributed by atoms with van der Waals surface area (Å²) in [6, 6.07) is 15.0. The number of benzene rings is 2. The summed E-state index contributed by atoms with van der Waals surface area (Å²) in [5, 5.41) is 10.0. The van der Waals surface area contributed by atoms with Crippen molar-refractivity contribution in [2.45, 2.75) is 25.0 Å². The average molecular weight is 551 g/mol. The number of carbonyl (C=O) groups is 2. The largest absolute Gasteiger partial charge is 0.491 e. The Balaban J connectivity index is 1.76. The lowest BCUT2D eigenvalue weighted by Crippen LogP contribution is -2.28. The van der Waals surface area contributed by atoms with E-state index in [0.717, 1.165) is 11.1 Å². The molecule has 0 aliphatic rings. The Morgan fingerprint density at radius 2 is 1.24 bits per heavy atom. The minimum atomic E-state index is -0.912. The lowest BCUT2D eigenvalue weighted by Gasteiger charge is -2.17. The third kappa shape index (κ3) is 12.6. The van der Waals surface area contributed by atoms with Gasteiger partial charge in [0.2, 0.25) is 0 Å². The van der Waals surface area contributed by atoms with Gasteiger partial charge in [0.15, 0.2) is 0 Å². The highest BCUT2D eigenvalue weighted by Gasteiger charge is 2.15. The van der Waals surface area contributed by atoms with Gasteiger partial charge in [-0.05, 0) is 63.6 Å². The Labute approximate surface area is 230 Å². The second kappa shape index (κ2) is 16.9. The standard InChI is InChI=1S/C28H39ClN2O7/c1-30(2)15-13-27(33)37-19-23(32)18-35-24-9-5-21(6-10-24)22-7-11-25(12-8-22)36-20-26(17-29)38-28(34)14-16-31(3)4/h5-12,23,26,32H,13-20H2,1-4H3. The predicted octanol–water partition coefficient (Wildman–Crippen LogP) is 3.07. The van der Waals surface area contributed by atoms with E-state index in [1.165, 1.54) is 0 Å². The van der Waals surface area contributed by atoms with Gasteiger partial charge in [0, 0.05) is 13.1 Å². The molecule has 10 heteroatoms. The fourth-order valence-corrected chi connectivity index (χ4v) is 3.31. The van der Waals surface area contributed by atoms with E-state index in [9.17, 15) is 14.7 Å². The third-order valence-electron chi connectivity index (χ3n) is 5.35. The quantitative estimate of drug-likeness (QED) is 0.235. The highest BCUT2D eigenvalue weighted by molar-refractivity contribution is 6.18. The molecule has 210 valence electrons. The van der Waals surface area contributed by atoms with E-state index in [4.69, 9.17) is 30.5 Å². The van der Waals surface area contributed by atoms with Crippen molar-refractivity contribution in [1.82, 2.24) is 9.80 Å². The molecule has 0 heterocycles. The molecule has 0 bridgehead atoms. The van der Waals surface area contributed by atoms with Crippen molar-refractivity contribution in [3.63, 3.8) is 0 Å². The molecule has 2 aromatic carbocycles. The first-order valence-electron chi connectivity index (χ1n) is 12.5. The molecule has 2 unspecified atom stereocenters. The number of hydrogen-bond acceptors (Lipinski definition) is 9. The number of aliphatic hydroxyl groups is 1. The van der Waals surface area contributed by atoms with E-state index in [1.807, 2.05) is 86.5 Å². The molecular formula is C28H39ClN2O7. The summed E-state index contributed by atoms with van der Waals surface area (Å²) in [6.07, 6.45) is -0.861. The van der Waals surface area contributed by atoms with Crippen molar-refractivity contribution < 1.29 is 33.6 Å². The van der Waals surface area contributed by atoms with Crippen LogP contribution in [0.1, 0.15) is 12.8 Å². The fraction of sp³-hybridized carbons (Fsp3) is 0.500. The maximum atomic E-state index is 11.9. The van der Waals surface area contributed by atoms with Gasteiger partial charge >= 0.3 is 11.9 Å². The first kappa shape index (κ1) is 31.4. The highest BCUT2D eigenvalue weighted by atomic mass is 35.5. The smallest absolute Gasteiger partial charge is 0.307 e. The van der Waals surface area contributed by atoms with E-state index >= 15 is 0 Å². The summed E-state index contributed by atoms with van der Waals surface area (Å²) in [5.74, 6) is 0.739. The summed E-state index contributed by atoms with van der Waals surface area (Å²) in [7, 11) is 7.54. The van der Waals surface area contributed by atoms with Crippen LogP contribution in [0.2, 0.25) is 0 Å². The number of carbonyl (C=O) groups excluding carboxylic acids is 2. The van der Waals surface area contributed by atoms with Crippen molar-refractivity contribution in [3.8, 4) is 22.6 Å². The lowest BCUT2D eigenvalue weighted by atomic mass is 10.1. The predicted molar refractivity (Wildman–Crippen MR) is 147 cm³/mol. The molecule has 0 saturated carbocycles. The van der Waals surface area contributed by atoms with Gasteiger partial charge in [-0.15, -0.1) is 11.6 Å². The summed E-state index contributed by atoms with van der Waals surface area (Å²) in [6.45, 7) is 1.28. The molecule has 2 aromatic rings. The maximum absolute atomic E-state index is 11.9. The van der Waals surface area contributed by atoms with Gasteiger partial charge in [0.05, 0.1) is 18.7 Å². The molecule has 0 spiro atoms. The number of esters is 2. The second-order valence-electron chi connectivity index (χ2n) is 9.38. The normalized spacial score (nSPS) is 12.7. The molecule has 0 aliphatic heterocycles. The van der Waals surface area contributed by atoms with Gasteiger partial charge in [-0.25, -0.2) is 0 Å². The van der Waals surface area contributed by atoms with Gasteiger partial charge in [-0.2, -0.15) is 0 Å². The Morgan fingerprint density at radius 3 is 1.71 bits per heavy atom. The van der Waals surface area contributed by atoms with E-state index in [2.05, 4.69) is 0 Å². The van der Waals surface area contributed by atoms with Crippen LogP contribution in [0.4, 0.5) is 0 Å². The summed E-state index contributed by atoms with van der Waals surface area (Å²) in [4.78, 5) is 27.4. The molecule has 0 fully saturated rings. The Kier molecular flexibility index (Phi) is 13.9. The van der Waals surface area contributed by atoms with E-state index in [-0.39, 0.29) is 44.1 Å². The Morgan fingerprint density at radius 1 is 0.763 bits per heavy atom. The molecule has 2 atom stereocenters. The number of halogens is 1. The fourth-order valence-electron chi connectivity index (χ4n) is 3.16. The number of rotatable bonds is 17. The minimum absolute atomic E-state index is 0.0145. The summed E-state index contributed by atoms with van der Waals surface area (Å²) >= 11 is 5.93. The van der Waals surface area contributed by atoms with E-state index < -0.39 is 12.2 Å². The maximum Gasteiger partial charge on any atom is 0.307 e. The second-order valence-corrected chi connectivity index (χ2v) is 9.69. The van der Waals surface area contributed by atoms with E-state index in [0.29, 0.717) is 31.0 Å². The molecular weight excluding hydrogens is 512 g/mol. The van der Waals surface area contributed by atoms with Gasteiger partial charge in [-0.1, -0.05) is 24.3 Å². The van der Waals surface area contributed by atoms with Gasteiger partial charge in [0.1, 0.15) is 43.5 Å². The first-order chi connectivity index (χ1) is 18.2. The zero-order valence-electron chi connectivity index (χ0n) is 22.6. The Hall–Kier alpha value is -2.85. The van der Waals surface area contributed by atoms with Crippen molar-refractivity contribution in [3.05, 3.63) is 48.5 Å². The number of nitrogens with zero attached hydrogens (tertiary/aromatic N) is 2. The van der Waals surface area contributed by atoms with Crippen molar-refractivity contribution in [1.29, 1.82) is 0 Å². The Bertz CT molecular complexity index is 968. The van der Waals surface area contributed by atoms with Crippen LogP contribution in [-0.2, 0) is 19.1 Å². The summed E-state index contributed by atoms with van der Waals surface area (Å²) in [5.41, 5.74) is 1.96. The zero-order chi connectivity index (χ0) is 27.9.